The lowest BCUT2D eigenvalue weighted by Gasteiger charge is -2.19. The molecule has 27 heavy (non-hydrogen) atoms. The summed E-state index contributed by atoms with van der Waals surface area (Å²) < 4.78 is 10.5. The Bertz CT molecular complexity index is 808. The fraction of sp³-hybridized carbons (Fsp3) is 0.300. The van der Waals surface area contributed by atoms with Gasteiger partial charge in [0.2, 0.25) is 11.8 Å². The molecule has 7 heteroatoms. The van der Waals surface area contributed by atoms with E-state index in [0.29, 0.717) is 30.0 Å². The summed E-state index contributed by atoms with van der Waals surface area (Å²) in [5.74, 6) is 0.729. The number of amides is 2. The molecule has 0 aliphatic carbocycles. The molecule has 0 heterocycles. The van der Waals surface area contributed by atoms with Gasteiger partial charge in [0.15, 0.2) is 11.5 Å². The van der Waals surface area contributed by atoms with Crippen LogP contribution < -0.4 is 25.4 Å². The molecule has 0 saturated heterocycles. The molecule has 2 amide bonds. The Morgan fingerprint density at radius 2 is 1.81 bits per heavy atom. The van der Waals surface area contributed by atoms with Gasteiger partial charge in [-0.2, -0.15) is 0 Å². The topological polar surface area (TPSA) is 93.9 Å². The van der Waals surface area contributed by atoms with E-state index in [1.165, 1.54) is 0 Å². The number of nitrogens with two attached hydrogens (primary N) is 1. The van der Waals surface area contributed by atoms with E-state index in [0.717, 1.165) is 11.3 Å². The molecule has 0 unspecified atom stereocenters. The van der Waals surface area contributed by atoms with E-state index < -0.39 is 5.91 Å². The van der Waals surface area contributed by atoms with Crippen molar-refractivity contribution in [1.29, 1.82) is 0 Å². The summed E-state index contributed by atoms with van der Waals surface area (Å²) in [5.41, 5.74) is 7.49. The van der Waals surface area contributed by atoms with E-state index in [1.54, 1.807) is 44.4 Å². The van der Waals surface area contributed by atoms with Crippen molar-refractivity contribution in [3.63, 3.8) is 0 Å². The normalized spacial score (nSPS) is 10.2. The summed E-state index contributed by atoms with van der Waals surface area (Å²) in [7, 11) is 4.97. The van der Waals surface area contributed by atoms with Gasteiger partial charge in [0, 0.05) is 24.8 Å². The van der Waals surface area contributed by atoms with E-state index in [4.69, 9.17) is 15.2 Å². The smallest absolute Gasteiger partial charge is 0.248 e. The van der Waals surface area contributed by atoms with Crippen molar-refractivity contribution in [1.82, 2.24) is 5.32 Å². The molecule has 0 bridgehead atoms. The van der Waals surface area contributed by atoms with Gasteiger partial charge in [-0.1, -0.05) is 12.1 Å². The van der Waals surface area contributed by atoms with Crippen molar-refractivity contribution in [2.24, 2.45) is 5.73 Å². The van der Waals surface area contributed by atoms with Crippen LogP contribution >= 0.6 is 0 Å². The van der Waals surface area contributed by atoms with Gasteiger partial charge in [0.25, 0.3) is 0 Å². The third-order valence-corrected chi connectivity index (χ3v) is 4.14. The molecule has 0 saturated carbocycles. The van der Waals surface area contributed by atoms with Gasteiger partial charge in [-0.3, -0.25) is 9.59 Å². The number of nitrogens with zero attached hydrogens (tertiary/aromatic N) is 1. The van der Waals surface area contributed by atoms with Crippen molar-refractivity contribution >= 4 is 17.5 Å². The number of primary amides is 1. The minimum Gasteiger partial charge on any atom is -0.493 e. The summed E-state index contributed by atoms with van der Waals surface area (Å²) in [6.07, 6.45) is 0.674. The fourth-order valence-electron chi connectivity index (χ4n) is 2.64. The molecule has 7 nitrogen and oxygen atoms in total. The van der Waals surface area contributed by atoms with Crippen molar-refractivity contribution in [2.45, 2.75) is 6.42 Å². The first-order valence-corrected chi connectivity index (χ1v) is 8.53. The Morgan fingerprint density at radius 1 is 1.07 bits per heavy atom. The lowest BCUT2D eigenvalue weighted by molar-refractivity contribution is -0.119. The quantitative estimate of drug-likeness (QED) is 0.698. The number of hydrogen-bond acceptors (Lipinski definition) is 5. The second-order valence-electron chi connectivity index (χ2n) is 6.06. The van der Waals surface area contributed by atoms with Crippen LogP contribution in [0.1, 0.15) is 15.9 Å². The maximum atomic E-state index is 12.2. The summed E-state index contributed by atoms with van der Waals surface area (Å²) in [5, 5.41) is 2.89. The van der Waals surface area contributed by atoms with Gasteiger partial charge in [0.1, 0.15) is 0 Å². The molecule has 0 fully saturated rings. The lowest BCUT2D eigenvalue weighted by atomic mass is 10.1. The van der Waals surface area contributed by atoms with E-state index in [9.17, 15) is 9.59 Å². The second kappa shape index (κ2) is 9.47. The maximum Gasteiger partial charge on any atom is 0.248 e. The first-order chi connectivity index (χ1) is 12.9. The zero-order chi connectivity index (χ0) is 19.8. The highest BCUT2D eigenvalue weighted by Gasteiger charge is 2.10. The molecular weight excluding hydrogens is 346 g/mol. The molecule has 0 spiro atoms. The Hall–Kier alpha value is -3.22. The van der Waals surface area contributed by atoms with Crippen LogP contribution in [0.25, 0.3) is 0 Å². The van der Waals surface area contributed by atoms with E-state index >= 15 is 0 Å². The molecule has 0 aliphatic heterocycles. The van der Waals surface area contributed by atoms with Gasteiger partial charge in [-0.05, 0) is 42.3 Å². The molecule has 2 aromatic rings. The minimum atomic E-state index is -0.496. The molecule has 0 radical (unpaired) electrons. The zero-order valence-corrected chi connectivity index (χ0v) is 15.8. The van der Waals surface area contributed by atoms with E-state index in [-0.39, 0.29) is 12.5 Å². The number of anilines is 1. The van der Waals surface area contributed by atoms with Gasteiger partial charge < -0.3 is 25.4 Å². The number of nitrogens with one attached hydrogen (secondary N) is 1. The molecule has 0 aliphatic rings. The predicted molar refractivity (Wildman–Crippen MR) is 104 cm³/mol. The molecule has 0 aromatic heterocycles. The van der Waals surface area contributed by atoms with E-state index in [2.05, 4.69) is 5.32 Å². The van der Waals surface area contributed by atoms with Gasteiger partial charge in [-0.25, -0.2) is 0 Å². The third kappa shape index (κ3) is 5.64. The van der Waals surface area contributed by atoms with Gasteiger partial charge in [0.05, 0.1) is 20.8 Å². The minimum absolute atomic E-state index is 0.109. The van der Waals surface area contributed by atoms with Crippen LogP contribution in [0, 0.1) is 0 Å². The Kier molecular flexibility index (Phi) is 7.05. The monoisotopic (exact) mass is 371 g/mol. The first kappa shape index (κ1) is 20.1. The number of rotatable bonds is 9. The summed E-state index contributed by atoms with van der Waals surface area (Å²) >= 11 is 0. The molecule has 2 rings (SSSR count). The fourth-order valence-corrected chi connectivity index (χ4v) is 2.64. The Balaban J connectivity index is 1.85. The number of methoxy groups -OCH3 is 2. The molecule has 2 aromatic carbocycles. The maximum absolute atomic E-state index is 12.2. The third-order valence-electron chi connectivity index (χ3n) is 4.14. The molecular formula is C20H25N3O4. The lowest BCUT2D eigenvalue weighted by Crippen LogP contribution is -2.36. The van der Waals surface area contributed by atoms with Crippen LogP contribution in [0.2, 0.25) is 0 Å². The Labute approximate surface area is 159 Å². The highest BCUT2D eigenvalue weighted by atomic mass is 16.5. The Morgan fingerprint density at radius 3 is 2.48 bits per heavy atom. The van der Waals surface area contributed by atoms with Crippen molar-refractivity contribution in [3.05, 3.63) is 53.6 Å². The van der Waals surface area contributed by atoms with Crippen LogP contribution in [0.15, 0.2) is 42.5 Å². The standard InChI is InChI=1S/C20H25N3O4/c1-23(16-6-4-5-15(12-16)20(21)25)13-19(24)22-10-9-14-7-8-17(26-2)18(11-14)27-3/h4-8,11-12H,9-10,13H2,1-3H3,(H2,21,25)(H,22,24). The van der Waals surface area contributed by atoms with Crippen LogP contribution in [-0.2, 0) is 11.2 Å². The number of likely N-dealkylation sites (N-methyl/N-ethyl adjacent to an activating group) is 1. The number of ether oxygens (including phenoxy) is 2. The van der Waals surface area contributed by atoms with Crippen LogP contribution in [-0.4, -0.2) is 46.2 Å². The number of carbonyl (C=O) groups excluding carboxylic acids is 2. The SMILES string of the molecule is COc1ccc(CCNC(=O)CN(C)c2cccc(C(N)=O)c2)cc1OC. The van der Waals surface area contributed by atoms with Gasteiger partial charge >= 0.3 is 0 Å². The molecule has 3 N–H and O–H groups in total. The van der Waals surface area contributed by atoms with Crippen LogP contribution in [0.4, 0.5) is 5.69 Å². The summed E-state index contributed by atoms with van der Waals surface area (Å²) in [4.78, 5) is 25.2. The number of hydrogen-bond donors (Lipinski definition) is 2. The zero-order valence-electron chi connectivity index (χ0n) is 15.8. The average Bonchev–Trinajstić information content (AvgIpc) is 2.67. The molecule has 144 valence electrons. The number of benzene rings is 2. The summed E-state index contributed by atoms with van der Waals surface area (Å²) in [6, 6.07) is 12.5. The van der Waals surface area contributed by atoms with Gasteiger partial charge in [-0.15, -0.1) is 0 Å². The van der Waals surface area contributed by atoms with E-state index in [1.807, 2.05) is 24.3 Å². The summed E-state index contributed by atoms with van der Waals surface area (Å²) in [6.45, 7) is 0.678. The second-order valence-corrected chi connectivity index (χ2v) is 6.06. The average molecular weight is 371 g/mol. The molecule has 0 atom stereocenters. The van der Waals surface area contributed by atoms with Crippen molar-refractivity contribution in [2.75, 3.05) is 39.3 Å². The van der Waals surface area contributed by atoms with Crippen LogP contribution in [0.5, 0.6) is 11.5 Å². The van der Waals surface area contributed by atoms with Crippen molar-refractivity contribution < 1.29 is 19.1 Å². The first-order valence-electron chi connectivity index (χ1n) is 8.53. The van der Waals surface area contributed by atoms with Crippen LogP contribution in [0.3, 0.4) is 0 Å². The largest absolute Gasteiger partial charge is 0.493 e. The predicted octanol–water partition coefficient (Wildman–Crippen LogP) is 1.60. The highest BCUT2D eigenvalue weighted by molar-refractivity contribution is 5.94. The van der Waals surface area contributed by atoms with Crippen molar-refractivity contribution in [3.8, 4) is 11.5 Å². The number of carbonyl (C=O) groups is 2. The highest BCUT2D eigenvalue weighted by Crippen LogP contribution is 2.27.